The Morgan fingerprint density at radius 1 is 1.59 bits per heavy atom. The predicted molar refractivity (Wildman–Crippen MR) is 68.7 cm³/mol. The first-order valence-electron chi connectivity index (χ1n) is 6.64. The van der Waals surface area contributed by atoms with E-state index in [0.717, 1.165) is 32.4 Å². The second-order valence-electron chi connectivity index (χ2n) is 5.13. The third kappa shape index (κ3) is 4.28. The molecule has 1 fully saturated rings. The first-order valence-corrected chi connectivity index (χ1v) is 6.64. The van der Waals surface area contributed by atoms with Crippen molar-refractivity contribution in [3.8, 4) is 0 Å². The summed E-state index contributed by atoms with van der Waals surface area (Å²) in [6, 6.07) is 0.00726. The Bertz CT molecular complexity index is 246. The number of amides is 1. The molecular weight excluding hydrogens is 216 g/mol. The van der Waals surface area contributed by atoms with E-state index < -0.39 is 0 Å². The van der Waals surface area contributed by atoms with Crippen LogP contribution in [0.15, 0.2) is 0 Å². The van der Waals surface area contributed by atoms with Gasteiger partial charge in [0.25, 0.3) is 0 Å². The summed E-state index contributed by atoms with van der Waals surface area (Å²) in [5.74, 6) is 0.716. The molecule has 17 heavy (non-hydrogen) atoms. The third-order valence-electron chi connectivity index (χ3n) is 3.64. The van der Waals surface area contributed by atoms with Crippen LogP contribution in [-0.4, -0.2) is 43.2 Å². The van der Waals surface area contributed by atoms with Crippen LogP contribution >= 0.6 is 0 Å². The number of hydrogen-bond donors (Lipinski definition) is 1. The number of nitrogens with two attached hydrogens (primary N) is 1. The van der Waals surface area contributed by atoms with Crippen molar-refractivity contribution in [2.24, 2.45) is 11.7 Å². The number of ether oxygens (including phenoxy) is 1. The fourth-order valence-electron chi connectivity index (χ4n) is 2.39. The molecule has 0 spiro atoms. The molecule has 1 aliphatic heterocycles. The molecule has 1 rings (SSSR count). The minimum absolute atomic E-state index is 0.00726. The highest BCUT2D eigenvalue weighted by molar-refractivity contribution is 5.77. The molecule has 0 saturated carbocycles. The molecule has 0 aromatic carbocycles. The van der Waals surface area contributed by atoms with Crippen LogP contribution < -0.4 is 5.73 Å². The van der Waals surface area contributed by atoms with Crippen molar-refractivity contribution in [2.45, 2.75) is 51.7 Å². The van der Waals surface area contributed by atoms with Gasteiger partial charge >= 0.3 is 0 Å². The average Bonchev–Trinajstić information content (AvgIpc) is 2.29. The number of likely N-dealkylation sites (tertiary alicyclic amines) is 1. The van der Waals surface area contributed by atoms with Crippen LogP contribution in [-0.2, 0) is 9.53 Å². The van der Waals surface area contributed by atoms with E-state index in [1.165, 1.54) is 0 Å². The van der Waals surface area contributed by atoms with Crippen LogP contribution in [0.5, 0.6) is 0 Å². The van der Waals surface area contributed by atoms with Gasteiger partial charge in [0.2, 0.25) is 5.91 Å². The lowest BCUT2D eigenvalue weighted by molar-refractivity contribution is -0.136. The summed E-state index contributed by atoms with van der Waals surface area (Å²) in [4.78, 5) is 13.9. The second-order valence-corrected chi connectivity index (χ2v) is 5.13. The largest absolute Gasteiger partial charge is 0.379 e. The van der Waals surface area contributed by atoms with Crippen molar-refractivity contribution in [3.63, 3.8) is 0 Å². The van der Waals surface area contributed by atoms with Crippen LogP contribution in [0.2, 0.25) is 0 Å². The third-order valence-corrected chi connectivity index (χ3v) is 3.64. The lowest BCUT2D eigenvalue weighted by Gasteiger charge is -2.36. The number of piperidine rings is 1. The van der Waals surface area contributed by atoms with Crippen molar-refractivity contribution in [1.82, 2.24) is 4.90 Å². The number of methoxy groups -OCH3 is 1. The molecule has 0 radical (unpaired) electrons. The molecular formula is C13H26N2O2. The van der Waals surface area contributed by atoms with E-state index in [9.17, 15) is 4.79 Å². The molecule has 0 aromatic rings. The van der Waals surface area contributed by atoms with Gasteiger partial charge in [-0.2, -0.15) is 0 Å². The monoisotopic (exact) mass is 242 g/mol. The zero-order chi connectivity index (χ0) is 12.8. The van der Waals surface area contributed by atoms with Gasteiger partial charge in [-0.1, -0.05) is 20.3 Å². The number of carbonyl (C=O) groups is 1. The van der Waals surface area contributed by atoms with Gasteiger partial charge in [-0.3, -0.25) is 4.79 Å². The topological polar surface area (TPSA) is 55.6 Å². The maximum atomic E-state index is 12.0. The van der Waals surface area contributed by atoms with Crippen LogP contribution in [0.1, 0.15) is 39.5 Å². The van der Waals surface area contributed by atoms with E-state index in [4.69, 9.17) is 10.5 Å². The van der Waals surface area contributed by atoms with E-state index in [2.05, 4.69) is 13.8 Å². The molecule has 1 saturated heterocycles. The predicted octanol–water partition coefficient (Wildman–Crippen LogP) is 1.39. The molecule has 4 nitrogen and oxygen atoms in total. The standard InChI is InChI=1S/C13H26N2O2/c1-4-5-11(14)8-13(16)15-7-6-10(2)12(9-15)17-3/h10-12H,4-9,14H2,1-3H3. The maximum Gasteiger partial charge on any atom is 0.224 e. The molecule has 0 aliphatic carbocycles. The van der Waals surface area contributed by atoms with Crippen molar-refractivity contribution in [2.75, 3.05) is 20.2 Å². The first-order chi connectivity index (χ1) is 8.08. The van der Waals surface area contributed by atoms with Gasteiger partial charge in [0.15, 0.2) is 0 Å². The van der Waals surface area contributed by atoms with Crippen molar-refractivity contribution >= 4 is 5.91 Å². The van der Waals surface area contributed by atoms with Crippen molar-refractivity contribution in [3.05, 3.63) is 0 Å². The lowest BCUT2D eigenvalue weighted by atomic mass is 9.95. The van der Waals surface area contributed by atoms with Gasteiger partial charge in [0.05, 0.1) is 6.10 Å². The fourth-order valence-corrected chi connectivity index (χ4v) is 2.39. The molecule has 2 N–H and O–H groups in total. The Hall–Kier alpha value is -0.610. The van der Waals surface area contributed by atoms with Gasteiger partial charge in [0.1, 0.15) is 0 Å². The molecule has 3 atom stereocenters. The zero-order valence-corrected chi connectivity index (χ0v) is 11.3. The zero-order valence-electron chi connectivity index (χ0n) is 11.3. The molecule has 3 unspecified atom stereocenters. The summed E-state index contributed by atoms with van der Waals surface area (Å²) in [5, 5.41) is 0. The quantitative estimate of drug-likeness (QED) is 0.792. The Kier molecular flexibility index (Phi) is 5.92. The summed E-state index contributed by atoms with van der Waals surface area (Å²) >= 11 is 0. The first kappa shape index (κ1) is 14.5. The number of rotatable bonds is 5. The minimum Gasteiger partial charge on any atom is -0.379 e. The number of hydrogen-bond acceptors (Lipinski definition) is 3. The highest BCUT2D eigenvalue weighted by Crippen LogP contribution is 2.20. The Balaban J connectivity index is 2.42. The van der Waals surface area contributed by atoms with Crippen molar-refractivity contribution in [1.29, 1.82) is 0 Å². The van der Waals surface area contributed by atoms with E-state index in [-0.39, 0.29) is 18.1 Å². The molecule has 1 aliphatic rings. The fraction of sp³-hybridized carbons (Fsp3) is 0.923. The summed E-state index contributed by atoms with van der Waals surface area (Å²) in [7, 11) is 1.72. The summed E-state index contributed by atoms with van der Waals surface area (Å²) in [6.07, 6.45) is 3.62. The van der Waals surface area contributed by atoms with E-state index in [1.807, 2.05) is 4.90 Å². The molecule has 100 valence electrons. The summed E-state index contributed by atoms with van der Waals surface area (Å²) in [6.45, 7) is 5.83. The van der Waals surface area contributed by atoms with E-state index in [1.54, 1.807) is 7.11 Å². The van der Waals surface area contributed by atoms with Crippen LogP contribution in [0, 0.1) is 5.92 Å². The Morgan fingerprint density at radius 3 is 2.88 bits per heavy atom. The minimum atomic E-state index is 0.00726. The van der Waals surface area contributed by atoms with Crippen LogP contribution in [0.4, 0.5) is 0 Å². The SMILES string of the molecule is CCCC(N)CC(=O)N1CCC(C)C(OC)C1. The smallest absolute Gasteiger partial charge is 0.224 e. The van der Waals surface area contributed by atoms with Crippen LogP contribution in [0.3, 0.4) is 0 Å². The Labute approximate surface area is 104 Å². The molecule has 1 amide bonds. The van der Waals surface area contributed by atoms with Crippen LogP contribution in [0.25, 0.3) is 0 Å². The summed E-state index contributed by atoms with van der Waals surface area (Å²) in [5.41, 5.74) is 5.91. The molecule has 4 heteroatoms. The summed E-state index contributed by atoms with van der Waals surface area (Å²) < 4.78 is 5.41. The highest BCUT2D eigenvalue weighted by Gasteiger charge is 2.29. The van der Waals surface area contributed by atoms with Gasteiger partial charge in [0, 0.05) is 32.7 Å². The maximum absolute atomic E-state index is 12.0. The number of nitrogens with zero attached hydrogens (tertiary/aromatic N) is 1. The van der Waals surface area contributed by atoms with E-state index in [0.29, 0.717) is 12.3 Å². The highest BCUT2D eigenvalue weighted by atomic mass is 16.5. The van der Waals surface area contributed by atoms with Gasteiger partial charge in [-0.05, 0) is 18.8 Å². The second kappa shape index (κ2) is 6.97. The molecule has 0 aromatic heterocycles. The van der Waals surface area contributed by atoms with Gasteiger partial charge in [-0.15, -0.1) is 0 Å². The average molecular weight is 242 g/mol. The number of carbonyl (C=O) groups excluding carboxylic acids is 1. The van der Waals surface area contributed by atoms with Gasteiger partial charge < -0.3 is 15.4 Å². The lowest BCUT2D eigenvalue weighted by Crippen LogP contribution is -2.47. The van der Waals surface area contributed by atoms with Crippen molar-refractivity contribution < 1.29 is 9.53 Å². The normalized spacial score (nSPS) is 26.9. The van der Waals surface area contributed by atoms with Gasteiger partial charge in [-0.25, -0.2) is 0 Å². The van der Waals surface area contributed by atoms with E-state index >= 15 is 0 Å². The molecule has 1 heterocycles. The molecule has 0 bridgehead atoms. The Morgan fingerprint density at radius 2 is 2.29 bits per heavy atom.